The second kappa shape index (κ2) is 6.20. The van der Waals surface area contributed by atoms with Crippen LogP contribution in [-0.2, 0) is 10.0 Å². The number of benzene rings is 1. The highest BCUT2D eigenvalue weighted by Crippen LogP contribution is 2.25. The van der Waals surface area contributed by atoms with E-state index in [1.54, 1.807) is 18.2 Å². The first-order valence-corrected chi connectivity index (χ1v) is 7.58. The molecule has 0 radical (unpaired) electrons. The first-order chi connectivity index (χ1) is 8.36. The van der Waals surface area contributed by atoms with Gasteiger partial charge in [0.15, 0.2) is 0 Å². The summed E-state index contributed by atoms with van der Waals surface area (Å²) in [5, 5.41) is 0. The summed E-state index contributed by atoms with van der Waals surface area (Å²) in [7, 11) is -3.50. The molecule has 0 aromatic heterocycles. The zero-order valence-corrected chi connectivity index (χ0v) is 12.2. The van der Waals surface area contributed by atoms with Gasteiger partial charge in [0, 0.05) is 6.54 Å². The third-order valence-corrected chi connectivity index (χ3v) is 3.83. The van der Waals surface area contributed by atoms with Gasteiger partial charge >= 0.3 is 0 Å². The Kier molecular flexibility index (Phi) is 5.16. The summed E-state index contributed by atoms with van der Waals surface area (Å²) in [5.41, 5.74) is 0.973. The van der Waals surface area contributed by atoms with E-state index in [1.165, 1.54) is 0 Å². The second-order valence-corrected chi connectivity index (χ2v) is 6.36. The molecular weight excluding hydrogens is 250 g/mol. The van der Waals surface area contributed by atoms with E-state index in [1.807, 2.05) is 27.7 Å². The summed E-state index contributed by atoms with van der Waals surface area (Å²) in [6, 6.07) is 5.10. The van der Waals surface area contributed by atoms with Gasteiger partial charge in [0.1, 0.15) is 10.6 Å². The molecule has 1 rings (SSSR count). The van der Waals surface area contributed by atoms with Gasteiger partial charge in [-0.2, -0.15) is 0 Å². The molecule has 1 aromatic rings. The lowest BCUT2D eigenvalue weighted by Gasteiger charge is -2.13. The molecule has 5 heteroatoms. The topological polar surface area (TPSA) is 55.4 Å². The van der Waals surface area contributed by atoms with E-state index in [0.29, 0.717) is 18.9 Å². The van der Waals surface area contributed by atoms with E-state index in [-0.39, 0.29) is 10.8 Å². The number of nitrogens with one attached hydrogen (secondary N) is 1. The lowest BCUT2D eigenvalue weighted by molar-refractivity contribution is 0.330. The maximum atomic E-state index is 12.2. The fourth-order valence-electron chi connectivity index (χ4n) is 1.46. The van der Waals surface area contributed by atoms with Crippen LogP contribution in [0.25, 0.3) is 0 Å². The third-order valence-electron chi connectivity index (χ3n) is 2.37. The van der Waals surface area contributed by atoms with Crippen LogP contribution in [0.1, 0.15) is 26.3 Å². The number of hydrogen-bond donors (Lipinski definition) is 1. The second-order valence-electron chi connectivity index (χ2n) is 4.63. The largest absolute Gasteiger partial charge is 0.492 e. The number of ether oxygens (including phenoxy) is 1. The Hall–Kier alpha value is -1.07. The highest BCUT2D eigenvalue weighted by atomic mass is 32.2. The SMILES string of the molecule is CCOc1cc(C)ccc1S(=O)(=O)NCC(C)C. The van der Waals surface area contributed by atoms with Crippen LogP contribution in [0.3, 0.4) is 0 Å². The van der Waals surface area contributed by atoms with E-state index >= 15 is 0 Å². The van der Waals surface area contributed by atoms with E-state index in [0.717, 1.165) is 5.56 Å². The quantitative estimate of drug-likeness (QED) is 0.864. The lowest BCUT2D eigenvalue weighted by atomic mass is 10.2. The van der Waals surface area contributed by atoms with Gasteiger partial charge in [-0.15, -0.1) is 0 Å². The van der Waals surface area contributed by atoms with Crippen molar-refractivity contribution < 1.29 is 13.2 Å². The van der Waals surface area contributed by atoms with Crippen molar-refractivity contribution in [1.82, 2.24) is 4.72 Å². The van der Waals surface area contributed by atoms with Gasteiger partial charge < -0.3 is 4.74 Å². The first-order valence-electron chi connectivity index (χ1n) is 6.10. The summed E-state index contributed by atoms with van der Waals surface area (Å²) in [4.78, 5) is 0.204. The standard InChI is InChI=1S/C13H21NO3S/c1-5-17-12-8-11(4)6-7-13(12)18(15,16)14-9-10(2)3/h6-8,10,14H,5,9H2,1-4H3. The summed E-state index contributed by atoms with van der Waals surface area (Å²) < 4.78 is 32.3. The Bertz CT molecular complexity index is 495. The van der Waals surface area contributed by atoms with Crippen LogP contribution in [0, 0.1) is 12.8 Å². The Labute approximate surface area is 109 Å². The van der Waals surface area contributed by atoms with Crippen molar-refractivity contribution in [2.75, 3.05) is 13.2 Å². The van der Waals surface area contributed by atoms with Crippen molar-refractivity contribution in [2.45, 2.75) is 32.6 Å². The Morgan fingerprint density at radius 3 is 2.56 bits per heavy atom. The molecule has 0 amide bonds. The molecule has 0 aliphatic carbocycles. The molecule has 0 heterocycles. The van der Waals surface area contributed by atoms with Crippen LogP contribution in [0.15, 0.2) is 23.1 Å². The molecular formula is C13H21NO3S. The van der Waals surface area contributed by atoms with Crippen molar-refractivity contribution in [1.29, 1.82) is 0 Å². The Morgan fingerprint density at radius 2 is 2.00 bits per heavy atom. The molecule has 4 nitrogen and oxygen atoms in total. The van der Waals surface area contributed by atoms with E-state index in [2.05, 4.69) is 4.72 Å². The van der Waals surface area contributed by atoms with Crippen molar-refractivity contribution in [3.05, 3.63) is 23.8 Å². The summed E-state index contributed by atoms with van der Waals surface area (Å²) in [6.07, 6.45) is 0. The molecule has 18 heavy (non-hydrogen) atoms. The molecule has 0 unspecified atom stereocenters. The third kappa shape index (κ3) is 3.99. The Morgan fingerprint density at radius 1 is 1.33 bits per heavy atom. The average Bonchev–Trinajstić information content (AvgIpc) is 2.27. The molecule has 0 bridgehead atoms. The highest BCUT2D eigenvalue weighted by molar-refractivity contribution is 7.89. The van der Waals surface area contributed by atoms with Crippen LogP contribution in [-0.4, -0.2) is 21.6 Å². The lowest BCUT2D eigenvalue weighted by Crippen LogP contribution is -2.28. The van der Waals surface area contributed by atoms with Crippen LogP contribution in [0.4, 0.5) is 0 Å². The van der Waals surface area contributed by atoms with Crippen molar-refractivity contribution in [3.8, 4) is 5.75 Å². The zero-order chi connectivity index (χ0) is 13.8. The van der Waals surface area contributed by atoms with E-state index in [9.17, 15) is 8.42 Å². The van der Waals surface area contributed by atoms with Gasteiger partial charge in [0.05, 0.1) is 6.61 Å². The number of hydrogen-bond acceptors (Lipinski definition) is 3. The predicted octanol–water partition coefficient (Wildman–Crippen LogP) is 2.33. The highest BCUT2D eigenvalue weighted by Gasteiger charge is 2.19. The van der Waals surface area contributed by atoms with Gasteiger partial charge in [0.2, 0.25) is 10.0 Å². The first kappa shape index (κ1) is 15.0. The van der Waals surface area contributed by atoms with E-state index in [4.69, 9.17) is 4.74 Å². The molecule has 0 aliphatic heterocycles. The summed E-state index contributed by atoms with van der Waals surface area (Å²) in [5.74, 6) is 0.675. The van der Waals surface area contributed by atoms with Crippen molar-refractivity contribution in [3.63, 3.8) is 0 Å². The zero-order valence-electron chi connectivity index (χ0n) is 11.4. The van der Waals surface area contributed by atoms with Crippen molar-refractivity contribution >= 4 is 10.0 Å². The molecule has 0 spiro atoms. The van der Waals surface area contributed by atoms with Gasteiger partial charge in [-0.3, -0.25) is 0 Å². The molecule has 1 aromatic carbocycles. The molecule has 0 aliphatic rings. The number of rotatable bonds is 6. The van der Waals surface area contributed by atoms with Crippen LogP contribution >= 0.6 is 0 Å². The summed E-state index contributed by atoms with van der Waals surface area (Å²) >= 11 is 0. The number of aryl methyl sites for hydroxylation is 1. The maximum absolute atomic E-state index is 12.2. The summed E-state index contributed by atoms with van der Waals surface area (Å²) in [6.45, 7) is 8.51. The molecule has 0 atom stereocenters. The predicted molar refractivity (Wildman–Crippen MR) is 72.4 cm³/mol. The minimum Gasteiger partial charge on any atom is -0.492 e. The normalized spacial score (nSPS) is 11.8. The van der Waals surface area contributed by atoms with Crippen molar-refractivity contribution in [2.24, 2.45) is 5.92 Å². The average molecular weight is 271 g/mol. The van der Waals surface area contributed by atoms with Gasteiger partial charge in [-0.1, -0.05) is 19.9 Å². The van der Waals surface area contributed by atoms with E-state index < -0.39 is 10.0 Å². The van der Waals surface area contributed by atoms with Gasteiger partial charge in [-0.25, -0.2) is 13.1 Å². The molecule has 0 saturated carbocycles. The molecule has 0 saturated heterocycles. The molecule has 1 N–H and O–H groups in total. The van der Waals surface area contributed by atoms with Crippen LogP contribution in [0.2, 0.25) is 0 Å². The fourth-order valence-corrected chi connectivity index (χ4v) is 2.80. The molecule has 102 valence electrons. The Balaban J connectivity index is 3.07. The molecule has 0 fully saturated rings. The number of sulfonamides is 1. The maximum Gasteiger partial charge on any atom is 0.244 e. The van der Waals surface area contributed by atoms with Gasteiger partial charge in [0.25, 0.3) is 0 Å². The smallest absolute Gasteiger partial charge is 0.244 e. The fraction of sp³-hybridized carbons (Fsp3) is 0.538. The van der Waals surface area contributed by atoms with Gasteiger partial charge in [-0.05, 0) is 37.5 Å². The minimum absolute atomic E-state index is 0.204. The minimum atomic E-state index is -3.50. The monoisotopic (exact) mass is 271 g/mol. The van der Waals surface area contributed by atoms with Crippen LogP contribution < -0.4 is 9.46 Å². The van der Waals surface area contributed by atoms with Crippen LogP contribution in [0.5, 0.6) is 5.75 Å².